The molecule has 0 spiro atoms. The van der Waals surface area contributed by atoms with Gasteiger partial charge in [0, 0.05) is 5.75 Å². The lowest BCUT2D eigenvalue weighted by atomic mass is 9.95. The number of nitrogens with zero attached hydrogens (tertiary/aromatic N) is 1. The molecule has 132 valence electrons. The van der Waals surface area contributed by atoms with Crippen LogP contribution in [0.2, 0.25) is 0 Å². The van der Waals surface area contributed by atoms with Crippen LogP contribution >= 0.6 is 24.2 Å². The van der Waals surface area contributed by atoms with Crippen LogP contribution in [0.15, 0.2) is 96.0 Å². The van der Waals surface area contributed by atoms with Crippen LogP contribution in [0.3, 0.4) is 0 Å². The maximum atomic E-state index is 5.00. The predicted octanol–water partition coefficient (Wildman–Crippen LogP) is 5.78. The average molecular weight is 381 g/mol. The van der Waals surface area contributed by atoms with Crippen LogP contribution in [0, 0.1) is 0 Å². The molecule has 3 aromatic carbocycles. The number of nitrogens with one attached hydrogen (secondary N) is 1. The SMILES string of the molecule is Cl.c1ccc(CSC2=NC(c3ccccc3)C(c3ccccc3)N2)cc1. The zero-order valence-electron chi connectivity index (χ0n) is 14.3. The van der Waals surface area contributed by atoms with Gasteiger partial charge in [-0.25, -0.2) is 0 Å². The monoisotopic (exact) mass is 380 g/mol. The maximum Gasteiger partial charge on any atom is 0.158 e. The topological polar surface area (TPSA) is 24.4 Å². The van der Waals surface area contributed by atoms with Gasteiger partial charge in [0.25, 0.3) is 0 Å². The minimum absolute atomic E-state index is 0. The Hall–Kier alpha value is -2.23. The van der Waals surface area contributed by atoms with Crippen molar-refractivity contribution in [1.82, 2.24) is 5.32 Å². The fourth-order valence-electron chi connectivity index (χ4n) is 3.10. The summed E-state index contributed by atoms with van der Waals surface area (Å²) >= 11 is 1.77. The van der Waals surface area contributed by atoms with Gasteiger partial charge in [0.1, 0.15) is 6.04 Å². The molecule has 1 aliphatic heterocycles. The van der Waals surface area contributed by atoms with Crippen molar-refractivity contribution in [3.63, 3.8) is 0 Å². The summed E-state index contributed by atoms with van der Waals surface area (Å²) in [4.78, 5) is 5.00. The second-order valence-electron chi connectivity index (χ2n) is 6.10. The fourth-order valence-corrected chi connectivity index (χ4v) is 3.99. The van der Waals surface area contributed by atoms with Gasteiger partial charge >= 0.3 is 0 Å². The number of amidine groups is 1. The number of hydrogen-bond donors (Lipinski definition) is 1. The number of benzene rings is 3. The number of halogens is 1. The zero-order chi connectivity index (χ0) is 16.9. The molecule has 1 aliphatic rings. The summed E-state index contributed by atoms with van der Waals surface area (Å²) in [6.07, 6.45) is 0. The summed E-state index contributed by atoms with van der Waals surface area (Å²) in [5.74, 6) is 0.926. The molecule has 0 radical (unpaired) electrons. The first-order valence-corrected chi connectivity index (χ1v) is 9.50. The van der Waals surface area contributed by atoms with Crippen molar-refractivity contribution in [2.75, 3.05) is 0 Å². The van der Waals surface area contributed by atoms with E-state index in [4.69, 9.17) is 4.99 Å². The van der Waals surface area contributed by atoms with E-state index in [1.807, 2.05) is 0 Å². The standard InChI is InChI=1S/C22H20N2S.ClH/c1-4-10-17(11-5-1)16-25-22-23-20(18-12-6-2-7-13-18)21(24-22)19-14-8-3-9-15-19;/h1-15,20-21H,16H2,(H,23,24);1H. The molecule has 1 N–H and O–H groups in total. The van der Waals surface area contributed by atoms with E-state index in [-0.39, 0.29) is 24.5 Å². The minimum Gasteiger partial charge on any atom is -0.356 e. The van der Waals surface area contributed by atoms with E-state index in [2.05, 4.69) is 96.3 Å². The third kappa shape index (κ3) is 4.29. The lowest BCUT2D eigenvalue weighted by Crippen LogP contribution is -2.22. The highest BCUT2D eigenvalue weighted by molar-refractivity contribution is 8.13. The van der Waals surface area contributed by atoms with Crippen LogP contribution in [0.5, 0.6) is 0 Å². The van der Waals surface area contributed by atoms with Gasteiger partial charge in [-0.05, 0) is 16.7 Å². The Balaban J connectivity index is 0.00000196. The molecule has 3 aromatic rings. The average Bonchev–Trinajstić information content (AvgIpc) is 3.13. The van der Waals surface area contributed by atoms with Crippen molar-refractivity contribution in [3.05, 3.63) is 108 Å². The van der Waals surface area contributed by atoms with Crippen LogP contribution in [0.25, 0.3) is 0 Å². The van der Waals surface area contributed by atoms with Crippen LogP contribution in [-0.2, 0) is 5.75 Å². The second-order valence-corrected chi connectivity index (χ2v) is 7.06. The molecule has 0 amide bonds. The quantitative estimate of drug-likeness (QED) is 0.620. The van der Waals surface area contributed by atoms with Gasteiger partial charge in [-0.1, -0.05) is 103 Å². The first-order valence-electron chi connectivity index (χ1n) is 8.51. The van der Waals surface area contributed by atoms with E-state index >= 15 is 0 Å². The Morgan fingerprint density at radius 2 is 1.27 bits per heavy atom. The predicted molar refractivity (Wildman–Crippen MR) is 114 cm³/mol. The van der Waals surface area contributed by atoms with E-state index < -0.39 is 0 Å². The molecule has 0 saturated heterocycles. The molecule has 2 atom stereocenters. The lowest BCUT2D eigenvalue weighted by Gasteiger charge is -2.19. The van der Waals surface area contributed by atoms with Crippen LogP contribution in [0.4, 0.5) is 0 Å². The normalized spacial score (nSPS) is 18.5. The molecule has 0 fully saturated rings. The van der Waals surface area contributed by atoms with Gasteiger partial charge in [0.15, 0.2) is 5.17 Å². The van der Waals surface area contributed by atoms with E-state index in [0.29, 0.717) is 0 Å². The molecule has 2 unspecified atom stereocenters. The van der Waals surface area contributed by atoms with Gasteiger partial charge in [-0.2, -0.15) is 0 Å². The fraction of sp³-hybridized carbons (Fsp3) is 0.136. The molecule has 0 bridgehead atoms. The molecule has 1 heterocycles. The Bertz CT molecular complexity index is 838. The molecule has 0 aliphatic carbocycles. The minimum atomic E-state index is 0. The molecular weight excluding hydrogens is 360 g/mol. The van der Waals surface area contributed by atoms with Gasteiger partial charge in [-0.3, -0.25) is 4.99 Å². The number of thioether (sulfide) groups is 1. The molecule has 0 saturated carbocycles. The highest BCUT2D eigenvalue weighted by Gasteiger charge is 2.31. The van der Waals surface area contributed by atoms with Crippen molar-refractivity contribution >= 4 is 29.3 Å². The highest BCUT2D eigenvalue weighted by atomic mass is 35.5. The first kappa shape index (κ1) is 18.6. The Kier molecular flexibility index (Phi) is 6.37. The van der Waals surface area contributed by atoms with Gasteiger partial charge < -0.3 is 5.32 Å². The van der Waals surface area contributed by atoms with E-state index in [9.17, 15) is 0 Å². The number of hydrogen-bond acceptors (Lipinski definition) is 3. The maximum absolute atomic E-state index is 5.00. The van der Waals surface area contributed by atoms with Crippen LogP contribution in [-0.4, -0.2) is 5.17 Å². The lowest BCUT2D eigenvalue weighted by molar-refractivity contribution is 0.573. The third-order valence-corrected chi connectivity index (χ3v) is 5.34. The number of aliphatic imine (C=N–C) groups is 1. The van der Waals surface area contributed by atoms with Crippen molar-refractivity contribution in [2.45, 2.75) is 17.8 Å². The summed E-state index contributed by atoms with van der Waals surface area (Å²) in [5, 5.41) is 4.66. The summed E-state index contributed by atoms with van der Waals surface area (Å²) < 4.78 is 0. The Labute approximate surface area is 165 Å². The van der Waals surface area contributed by atoms with Crippen molar-refractivity contribution in [2.24, 2.45) is 4.99 Å². The molecular formula is C22H21ClN2S. The zero-order valence-corrected chi connectivity index (χ0v) is 15.9. The molecule has 0 aromatic heterocycles. The smallest absolute Gasteiger partial charge is 0.158 e. The summed E-state index contributed by atoms with van der Waals surface area (Å²) in [7, 11) is 0. The highest BCUT2D eigenvalue weighted by Crippen LogP contribution is 2.37. The van der Waals surface area contributed by atoms with Gasteiger partial charge in [0.05, 0.1) is 6.04 Å². The van der Waals surface area contributed by atoms with Crippen LogP contribution in [0.1, 0.15) is 28.8 Å². The molecule has 26 heavy (non-hydrogen) atoms. The summed E-state index contributed by atoms with van der Waals surface area (Å²) in [5.41, 5.74) is 3.84. The van der Waals surface area contributed by atoms with E-state index in [1.165, 1.54) is 16.7 Å². The summed E-state index contributed by atoms with van der Waals surface area (Å²) in [6, 6.07) is 32.0. The molecule has 4 rings (SSSR count). The Morgan fingerprint density at radius 1 is 0.731 bits per heavy atom. The second kappa shape index (κ2) is 8.93. The molecule has 4 heteroatoms. The van der Waals surface area contributed by atoms with Crippen molar-refractivity contribution < 1.29 is 0 Å². The first-order chi connectivity index (χ1) is 12.4. The van der Waals surface area contributed by atoms with Gasteiger partial charge in [0.2, 0.25) is 0 Å². The third-order valence-electron chi connectivity index (χ3n) is 4.37. The number of rotatable bonds is 4. The Morgan fingerprint density at radius 3 is 1.88 bits per heavy atom. The van der Waals surface area contributed by atoms with Gasteiger partial charge in [-0.15, -0.1) is 12.4 Å². The summed E-state index contributed by atoms with van der Waals surface area (Å²) in [6.45, 7) is 0. The van der Waals surface area contributed by atoms with Crippen LogP contribution < -0.4 is 5.32 Å². The molecule has 2 nitrogen and oxygen atoms in total. The van der Waals surface area contributed by atoms with E-state index in [1.54, 1.807) is 11.8 Å². The van der Waals surface area contributed by atoms with E-state index in [0.717, 1.165) is 10.9 Å². The largest absolute Gasteiger partial charge is 0.356 e. The van der Waals surface area contributed by atoms with Crippen molar-refractivity contribution in [3.8, 4) is 0 Å². The van der Waals surface area contributed by atoms with Crippen molar-refractivity contribution in [1.29, 1.82) is 0 Å².